The number of rotatable bonds is 10. The van der Waals surface area contributed by atoms with Gasteiger partial charge in [0.1, 0.15) is 11.9 Å². The molecule has 4 aromatic rings. The van der Waals surface area contributed by atoms with Crippen molar-refractivity contribution in [2.24, 2.45) is 0 Å². The Morgan fingerprint density at radius 2 is 1.88 bits per heavy atom. The fraction of sp³-hybridized carbons (Fsp3) is 0.250. The molecule has 1 atom stereocenters. The van der Waals surface area contributed by atoms with Crippen molar-refractivity contribution in [3.8, 4) is 0 Å². The summed E-state index contributed by atoms with van der Waals surface area (Å²) in [4.78, 5) is 27.5. The van der Waals surface area contributed by atoms with E-state index in [1.165, 1.54) is 11.8 Å². The molecule has 0 spiro atoms. The molecule has 0 aliphatic rings. The summed E-state index contributed by atoms with van der Waals surface area (Å²) < 4.78 is 1.98. The van der Waals surface area contributed by atoms with Crippen molar-refractivity contribution in [3.63, 3.8) is 0 Å². The Labute approximate surface area is 195 Å². The number of nitrogens with zero attached hydrogens (tertiary/aromatic N) is 3. The first-order valence-corrected chi connectivity index (χ1v) is 11.7. The van der Waals surface area contributed by atoms with Crippen LogP contribution in [0.5, 0.6) is 0 Å². The number of aromatic amines is 1. The number of amides is 1. The zero-order chi connectivity index (χ0) is 23.2. The van der Waals surface area contributed by atoms with Gasteiger partial charge < -0.3 is 20.0 Å². The number of benzene rings is 2. The van der Waals surface area contributed by atoms with Crippen molar-refractivity contribution < 1.29 is 14.7 Å². The molecule has 0 aliphatic carbocycles. The molecule has 0 aliphatic heterocycles. The van der Waals surface area contributed by atoms with Gasteiger partial charge in [-0.3, -0.25) is 4.79 Å². The van der Waals surface area contributed by atoms with E-state index in [1.54, 1.807) is 6.20 Å². The molecule has 0 radical (unpaired) electrons. The molecule has 0 bridgehead atoms. The van der Waals surface area contributed by atoms with E-state index in [0.717, 1.165) is 27.9 Å². The first-order valence-electron chi connectivity index (χ1n) is 10.7. The lowest BCUT2D eigenvalue weighted by Crippen LogP contribution is -2.43. The molecule has 33 heavy (non-hydrogen) atoms. The number of carbonyl (C=O) groups excluding carboxylic acids is 1. The normalized spacial score (nSPS) is 12.0. The summed E-state index contributed by atoms with van der Waals surface area (Å²) in [5, 5.41) is 22.4. The van der Waals surface area contributed by atoms with Crippen molar-refractivity contribution in [1.82, 2.24) is 25.1 Å². The largest absolute Gasteiger partial charge is 0.480 e. The van der Waals surface area contributed by atoms with Gasteiger partial charge in [-0.15, -0.1) is 10.2 Å². The van der Waals surface area contributed by atoms with Crippen LogP contribution in [0.3, 0.4) is 0 Å². The molecule has 0 saturated carbocycles. The molecule has 0 saturated heterocycles. The molecule has 4 rings (SSSR count). The minimum Gasteiger partial charge on any atom is -0.480 e. The number of H-pyrrole nitrogens is 1. The summed E-state index contributed by atoms with van der Waals surface area (Å²) in [5.74, 6) is -0.543. The van der Waals surface area contributed by atoms with Crippen LogP contribution in [0.1, 0.15) is 23.9 Å². The number of carbonyl (C=O) groups is 2. The third-order valence-corrected chi connectivity index (χ3v) is 6.35. The summed E-state index contributed by atoms with van der Waals surface area (Å²) in [5.41, 5.74) is 2.92. The van der Waals surface area contributed by atoms with Crippen LogP contribution in [-0.4, -0.2) is 48.5 Å². The molecular weight excluding hydrogens is 438 g/mol. The lowest BCUT2D eigenvalue weighted by atomic mass is 10.1. The summed E-state index contributed by atoms with van der Waals surface area (Å²) in [6, 6.07) is 16.7. The summed E-state index contributed by atoms with van der Waals surface area (Å²) in [6.45, 7) is 2.68. The van der Waals surface area contributed by atoms with Gasteiger partial charge in [0.05, 0.1) is 5.75 Å². The van der Waals surface area contributed by atoms with Crippen LogP contribution in [0.4, 0.5) is 0 Å². The maximum Gasteiger partial charge on any atom is 0.326 e. The Morgan fingerprint density at radius 3 is 2.64 bits per heavy atom. The number of carboxylic acids is 1. The average Bonchev–Trinajstić information content (AvgIpc) is 3.41. The highest BCUT2D eigenvalue weighted by Gasteiger charge is 2.22. The number of aliphatic carboxylic acids is 1. The number of fused-ring (bicyclic) bond motifs is 1. The monoisotopic (exact) mass is 463 g/mol. The molecule has 170 valence electrons. The zero-order valence-corrected chi connectivity index (χ0v) is 19.0. The Morgan fingerprint density at radius 1 is 1.12 bits per heavy atom. The number of para-hydroxylation sites is 1. The SMILES string of the molecule is CCn1c(Cc2ccccc2)nnc1SCC(=O)N[C@H](Cc1c[nH]c2ccccc12)C(=O)O. The Bertz CT molecular complexity index is 1250. The van der Waals surface area contributed by atoms with Crippen molar-refractivity contribution in [1.29, 1.82) is 0 Å². The Balaban J connectivity index is 1.38. The average molecular weight is 464 g/mol. The fourth-order valence-electron chi connectivity index (χ4n) is 3.74. The van der Waals surface area contributed by atoms with E-state index in [2.05, 4.69) is 20.5 Å². The third-order valence-electron chi connectivity index (χ3n) is 5.38. The molecule has 0 fully saturated rings. The fourth-order valence-corrected chi connectivity index (χ4v) is 4.57. The van der Waals surface area contributed by atoms with Gasteiger partial charge in [-0.05, 0) is 24.1 Å². The van der Waals surface area contributed by atoms with Gasteiger partial charge in [0.2, 0.25) is 5.91 Å². The quantitative estimate of drug-likeness (QED) is 0.311. The first-order chi connectivity index (χ1) is 16.0. The number of hydrogen-bond acceptors (Lipinski definition) is 5. The smallest absolute Gasteiger partial charge is 0.326 e. The lowest BCUT2D eigenvalue weighted by molar-refractivity contribution is -0.141. The van der Waals surface area contributed by atoms with Gasteiger partial charge in [0.25, 0.3) is 0 Å². The van der Waals surface area contributed by atoms with E-state index in [4.69, 9.17) is 0 Å². The molecule has 2 aromatic heterocycles. The van der Waals surface area contributed by atoms with Gasteiger partial charge in [-0.25, -0.2) is 4.79 Å². The van der Waals surface area contributed by atoms with Gasteiger partial charge in [0, 0.05) is 36.5 Å². The summed E-state index contributed by atoms with van der Waals surface area (Å²) in [6.07, 6.45) is 2.64. The molecule has 2 heterocycles. The second-order valence-electron chi connectivity index (χ2n) is 7.62. The third kappa shape index (κ3) is 5.43. The molecule has 0 unspecified atom stereocenters. The molecular formula is C24H25N5O3S. The van der Waals surface area contributed by atoms with Crippen LogP contribution in [0, 0.1) is 0 Å². The second-order valence-corrected chi connectivity index (χ2v) is 8.56. The number of thioether (sulfide) groups is 1. The molecule has 3 N–H and O–H groups in total. The maximum atomic E-state index is 12.6. The number of nitrogens with one attached hydrogen (secondary N) is 2. The highest BCUT2D eigenvalue weighted by atomic mass is 32.2. The van der Waals surface area contributed by atoms with Crippen LogP contribution in [0.2, 0.25) is 0 Å². The van der Waals surface area contributed by atoms with Gasteiger partial charge in [-0.2, -0.15) is 0 Å². The van der Waals surface area contributed by atoms with E-state index in [0.29, 0.717) is 18.1 Å². The minimum atomic E-state index is -1.07. The van der Waals surface area contributed by atoms with E-state index in [1.807, 2.05) is 66.1 Å². The molecule has 1 amide bonds. The predicted octanol–water partition coefficient (Wildman–Crippen LogP) is 3.27. The zero-order valence-electron chi connectivity index (χ0n) is 18.2. The van der Waals surface area contributed by atoms with Crippen molar-refractivity contribution in [2.75, 3.05) is 5.75 Å². The predicted molar refractivity (Wildman–Crippen MR) is 127 cm³/mol. The van der Waals surface area contributed by atoms with E-state index in [9.17, 15) is 14.7 Å². The highest BCUT2D eigenvalue weighted by Crippen LogP contribution is 2.21. The number of aromatic nitrogens is 4. The van der Waals surface area contributed by atoms with Gasteiger partial charge in [-0.1, -0.05) is 60.3 Å². The van der Waals surface area contributed by atoms with E-state index < -0.39 is 12.0 Å². The minimum absolute atomic E-state index is 0.0567. The summed E-state index contributed by atoms with van der Waals surface area (Å²) >= 11 is 1.25. The van der Waals surface area contributed by atoms with Crippen molar-refractivity contribution in [3.05, 3.63) is 77.7 Å². The first kappa shape index (κ1) is 22.6. The highest BCUT2D eigenvalue weighted by molar-refractivity contribution is 7.99. The Kier molecular flexibility index (Phi) is 7.09. The van der Waals surface area contributed by atoms with Crippen LogP contribution < -0.4 is 5.32 Å². The standard InChI is InChI=1S/C24H25N5O3S/c1-2-29-21(12-16-8-4-3-5-9-16)27-28-24(29)33-15-22(30)26-20(23(31)32)13-17-14-25-19-11-7-6-10-18(17)19/h3-11,14,20,25H,2,12-13,15H2,1H3,(H,26,30)(H,31,32)/t20-/m1/s1. The van der Waals surface area contributed by atoms with Gasteiger partial charge >= 0.3 is 5.97 Å². The second kappa shape index (κ2) is 10.4. The van der Waals surface area contributed by atoms with Crippen LogP contribution >= 0.6 is 11.8 Å². The van der Waals surface area contributed by atoms with Crippen molar-refractivity contribution >= 4 is 34.5 Å². The van der Waals surface area contributed by atoms with E-state index >= 15 is 0 Å². The number of carboxylic acid groups (broad SMARTS) is 1. The molecule has 2 aromatic carbocycles. The van der Waals surface area contributed by atoms with Crippen LogP contribution in [-0.2, 0) is 29.0 Å². The topological polar surface area (TPSA) is 113 Å². The van der Waals surface area contributed by atoms with Crippen molar-refractivity contribution in [2.45, 2.75) is 37.5 Å². The van der Waals surface area contributed by atoms with E-state index in [-0.39, 0.29) is 18.1 Å². The maximum absolute atomic E-state index is 12.6. The lowest BCUT2D eigenvalue weighted by Gasteiger charge is -2.14. The number of hydrogen-bond donors (Lipinski definition) is 3. The van der Waals surface area contributed by atoms with Crippen LogP contribution in [0.25, 0.3) is 10.9 Å². The van der Waals surface area contributed by atoms with Crippen LogP contribution in [0.15, 0.2) is 66.0 Å². The molecule has 8 nitrogen and oxygen atoms in total. The van der Waals surface area contributed by atoms with Gasteiger partial charge in [0.15, 0.2) is 5.16 Å². The Hall–Kier alpha value is -3.59. The summed E-state index contributed by atoms with van der Waals surface area (Å²) in [7, 11) is 0. The molecule has 9 heteroatoms.